The van der Waals surface area contributed by atoms with Gasteiger partial charge in [0.05, 0.1) is 26.3 Å². The largest absolute Gasteiger partial charge is 0.340 e. The molecule has 1 heterocycles. The van der Waals surface area contributed by atoms with Crippen LogP contribution in [0.5, 0.6) is 0 Å². The lowest BCUT2D eigenvalue weighted by Gasteiger charge is -2.28. The van der Waals surface area contributed by atoms with E-state index < -0.39 is 29.6 Å². The number of aliphatic imine (C=N–C) groups is 1. The monoisotopic (exact) mass is 335 g/mol. The Morgan fingerprint density at radius 3 is 2.67 bits per heavy atom. The fourth-order valence-corrected chi connectivity index (χ4v) is 2.29. The summed E-state index contributed by atoms with van der Waals surface area (Å²) in [6.07, 6.45) is 2.03. The van der Waals surface area contributed by atoms with E-state index >= 15 is 0 Å². The predicted octanol–water partition coefficient (Wildman–Crippen LogP) is -0.370. The molecule has 7 nitrogen and oxygen atoms in total. The quantitative estimate of drug-likeness (QED) is 0.423. The molecule has 0 saturated carbocycles. The second kappa shape index (κ2) is 7.78. The number of barbiturate groups is 1. The van der Waals surface area contributed by atoms with Crippen LogP contribution in [0.2, 0.25) is 0 Å². The molecule has 0 spiro atoms. The average Bonchev–Trinajstić information content (AvgIpc) is 2.51. The molecule has 4 amide bonds. The molecule has 0 radical (unpaired) electrons. The summed E-state index contributed by atoms with van der Waals surface area (Å²) in [4.78, 5) is 42.3. The van der Waals surface area contributed by atoms with Crippen molar-refractivity contribution in [3.63, 3.8) is 0 Å². The molecule has 0 aliphatic carbocycles. The Hall–Kier alpha value is -2.61. The van der Waals surface area contributed by atoms with E-state index in [2.05, 4.69) is 10.3 Å². The van der Waals surface area contributed by atoms with Crippen LogP contribution in [0.3, 0.4) is 0 Å². The van der Waals surface area contributed by atoms with Crippen molar-refractivity contribution < 1.29 is 23.7 Å². The lowest BCUT2D eigenvalue weighted by molar-refractivity contribution is -0.858. The molecule has 1 saturated heterocycles. The van der Waals surface area contributed by atoms with Crippen LogP contribution >= 0.6 is 0 Å². The number of hydrogen-bond donors (Lipinski definition) is 2. The smallest absolute Gasteiger partial charge is 0.335 e. The Morgan fingerprint density at radius 1 is 1.29 bits per heavy atom. The first-order valence-electron chi connectivity index (χ1n) is 7.64. The summed E-state index contributed by atoms with van der Waals surface area (Å²) in [5, 5.41) is 2.06. The van der Waals surface area contributed by atoms with Gasteiger partial charge in [-0.05, 0) is 12.1 Å². The van der Waals surface area contributed by atoms with E-state index in [1.807, 2.05) is 14.1 Å². The number of rotatable bonds is 6. The van der Waals surface area contributed by atoms with Crippen LogP contribution in [0.1, 0.15) is 6.42 Å². The molecule has 128 valence electrons. The van der Waals surface area contributed by atoms with E-state index in [4.69, 9.17) is 0 Å². The minimum Gasteiger partial charge on any atom is -0.340 e. The number of carbonyl (C=O) groups is 3. The molecule has 0 aromatic heterocycles. The minimum absolute atomic E-state index is 0.192. The van der Waals surface area contributed by atoms with E-state index in [1.54, 1.807) is 0 Å². The molecule has 1 atom stereocenters. The van der Waals surface area contributed by atoms with Crippen molar-refractivity contribution in [1.29, 1.82) is 0 Å². The van der Waals surface area contributed by atoms with Gasteiger partial charge in [0, 0.05) is 19.2 Å². The summed E-state index contributed by atoms with van der Waals surface area (Å²) in [5.74, 6) is -3.52. The number of halogens is 1. The maximum atomic E-state index is 13.9. The SMILES string of the molecule is C[NH+](C)CCCN=CC1C(=O)NC(=O)N(c2ccccc2F)C1=O. The molecule has 1 aromatic carbocycles. The zero-order valence-corrected chi connectivity index (χ0v) is 13.6. The van der Waals surface area contributed by atoms with Gasteiger partial charge < -0.3 is 4.90 Å². The van der Waals surface area contributed by atoms with Crippen LogP contribution in [-0.4, -0.2) is 51.2 Å². The highest BCUT2D eigenvalue weighted by atomic mass is 19.1. The van der Waals surface area contributed by atoms with Crippen LogP contribution in [0, 0.1) is 11.7 Å². The van der Waals surface area contributed by atoms with Gasteiger partial charge in [0.15, 0.2) is 5.92 Å². The molecule has 1 unspecified atom stereocenters. The molecule has 2 N–H and O–H groups in total. The van der Waals surface area contributed by atoms with Gasteiger partial charge in [0.25, 0.3) is 5.91 Å². The van der Waals surface area contributed by atoms with Crippen molar-refractivity contribution in [2.75, 3.05) is 32.1 Å². The number of imide groups is 2. The Kier molecular flexibility index (Phi) is 5.75. The second-order valence-corrected chi connectivity index (χ2v) is 5.76. The zero-order chi connectivity index (χ0) is 17.7. The van der Waals surface area contributed by atoms with Crippen LogP contribution in [0.4, 0.5) is 14.9 Å². The van der Waals surface area contributed by atoms with E-state index in [9.17, 15) is 18.8 Å². The standard InChI is InChI=1S/C16H19FN4O3/c1-20(2)9-5-8-18-10-11-14(22)19-16(24)21(15(11)23)13-7-4-3-6-12(13)17/h3-4,6-7,10-11H,5,8-9H2,1-2H3,(H,19,22,24)/p+1. The Bertz CT molecular complexity index is 675. The molecule has 1 aliphatic rings. The lowest BCUT2D eigenvalue weighted by atomic mass is 10.1. The van der Waals surface area contributed by atoms with E-state index in [0.29, 0.717) is 11.4 Å². The Labute approximate surface area is 139 Å². The van der Waals surface area contributed by atoms with Gasteiger partial charge in [-0.2, -0.15) is 0 Å². The summed E-state index contributed by atoms with van der Waals surface area (Å²) in [6.45, 7) is 1.37. The van der Waals surface area contributed by atoms with Gasteiger partial charge >= 0.3 is 6.03 Å². The fraction of sp³-hybridized carbons (Fsp3) is 0.375. The molecule has 24 heavy (non-hydrogen) atoms. The number of benzene rings is 1. The van der Waals surface area contributed by atoms with Crippen LogP contribution in [-0.2, 0) is 9.59 Å². The number of quaternary nitrogens is 1. The van der Waals surface area contributed by atoms with E-state index in [1.165, 1.54) is 29.3 Å². The van der Waals surface area contributed by atoms with Crippen molar-refractivity contribution in [3.8, 4) is 0 Å². The van der Waals surface area contributed by atoms with Crippen molar-refractivity contribution in [2.24, 2.45) is 10.9 Å². The highest BCUT2D eigenvalue weighted by molar-refractivity contribution is 6.32. The summed E-state index contributed by atoms with van der Waals surface area (Å²) >= 11 is 0. The molecule has 0 bridgehead atoms. The molecular formula is C16H20FN4O3+. The maximum absolute atomic E-state index is 13.9. The van der Waals surface area contributed by atoms with Gasteiger partial charge in [-0.15, -0.1) is 0 Å². The van der Waals surface area contributed by atoms with E-state index in [0.717, 1.165) is 19.0 Å². The number of nitrogens with zero attached hydrogens (tertiary/aromatic N) is 2. The first kappa shape index (κ1) is 17.7. The van der Waals surface area contributed by atoms with Gasteiger partial charge in [-0.3, -0.25) is 19.9 Å². The fourth-order valence-electron chi connectivity index (χ4n) is 2.29. The first-order chi connectivity index (χ1) is 11.4. The number of carbonyl (C=O) groups excluding carboxylic acids is 3. The zero-order valence-electron chi connectivity index (χ0n) is 13.6. The van der Waals surface area contributed by atoms with Gasteiger partial charge in [0.1, 0.15) is 5.82 Å². The van der Waals surface area contributed by atoms with Crippen molar-refractivity contribution in [3.05, 3.63) is 30.1 Å². The van der Waals surface area contributed by atoms with Crippen molar-refractivity contribution >= 4 is 29.7 Å². The Balaban J connectivity index is 2.14. The molecular weight excluding hydrogens is 315 g/mol. The number of amides is 4. The lowest BCUT2D eigenvalue weighted by Crippen LogP contribution is -3.05. The summed E-state index contributed by atoms with van der Waals surface area (Å²) in [6, 6.07) is 4.43. The maximum Gasteiger partial charge on any atom is 0.335 e. The molecule has 1 aliphatic heterocycles. The summed E-state index contributed by atoms with van der Waals surface area (Å²) in [5.41, 5.74) is -0.192. The highest BCUT2D eigenvalue weighted by Crippen LogP contribution is 2.23. The number of para-hydroxylation sites is 1. The first-order valence-corrected chi connectivity index (χ1v) is 7.64. The molecule has 1 fully saturated rings. The van der Waals surface area contributed by atoms with Gasteiger partial charge in [0.2, 0.25) is 5.91 Å². The molecule has 1 aromatic rings. The third-order valence-corrected chi connectivity index (χ3v) is 3.51. The average molecular weight is 335 g/mol. The molecule has 2 rings (SSSR count). The number of hydrogen-bond acceptors (Lipinski definition) is 4. The second-order valence-electron chi connectivity index (χ2n) is 5.76. The van der Waals surface area contributed by atoms with Gasteiger partial charge in [-0.25, -0.2) is 14.1 Å². The van der Waals surface area contributed by atoms with Crippen molar-refractivity contribution in [2.45, 2.75) is 6.42 Å². The number of nitrogens with one attached hydrogen (secondary N) is 2. The highest BCUT2D eigenvalue weighted by Gasteiger charge is 2.41. The topological polar surface area (TPSA) is 83.3 Å². The predicted molar refractivity (Wildman–Crippen MR) is 86.6 cm³/mol. The van der Waals surface area contributed by atoms with Crippen LogP contribution in [0.15, 0.2) is 29.3 Å². The van der Waals surface area contributed by atoms with Crippen molar-refractivity contribution in [1.82, 2.24) is 5.32 Å². The van der Waals surface area contributed by atoms with E-state index in [-0.39, 0.29) is 5.69 Å². The summed E-state index contributed by atoms with van der Waals surface area (Å²) < 4.78 is 13.9. The normalized spacial score (nSPS) is 18.6. The van der Waals surface area contributed by atoms with Crippen LogP contribution in [0.25, 0.3) is 0 Å². The third-order valence-electron chi connectivity index (χ3n) is 3.51. The number of urea groups is 1. The van der Waals surface area contributed by atoms with Gasteiger partial charge in [-0.1, -0.05) is 12.1 Å². The third kappa shape index (κ3) is 4.02. The molecule has 8 heteroatoms. The summed E-state index contributed by atoms with van der Waals surface area (Å²) in [7, 11) is 4.03. The Morgan fingerprint density at radius 2 is 2.00 bits per heavy atom. The number of anilines is 1. The van der Waals surface area contributed by atoms with Crippen LogP contribution < -0.4 is 15.1 Å². The minimum atomic E-state index is -1.24.